The van der Waals surface area contributed by atoms with E-state index in [2.05, 4.69) is 15.3 Å². The van der Waals surface area contributed by atoms with Crippen LogP contribution in [0.3, 0.4) is 0 Å². The molecule has 0 saturated carbocycles. The molecule has 0 radical (unpaired) electrons. The molecule has 1 atom stereocenters. The summed E-state index contributed by atoms with van der Waals surface area (Å²) in [6.07, 6.45) is 4.37. The third-order valence-electron chi connectivity index (χ3n) is 2.11. The Morgan fingerprint density at radius 3 is 3.18 bits per heavy atom. The van der Waals surface area contributed by atoms with E-state index in [4.69, 9.17) is 0 Å². The minimum absolute atomic E-state index is 0. The average Bonchev–Trinajstić information content (AvgIpc) is 2.55. The molecule has 0 bridgehead atoms. The van der Waals surface area contributed by atoms with E-state index in [0.717, 1.165) is 18.1 Å². The predicted molar refractivity (Wildman–Crippen MR) is 45.4 cm³/mol. The van der Waals surface area contributed by atoms with E-state index in [1.807, 2.05) is 13.1 Å². The molecule has 1 saturated heterocycles. The van der Waals surface area contributed by atoms with Gasteiger partial charge in [-0.25, -0.2) is 4.98 Å². The molecule has 62 valence electrons. The van der Waals surface area contributed by atoms with Gasteiger partial charge in [0.15, 0.2) is 0 Å². The van der Waals surface area contributed by atoms with Crippen molar-refractivity contribution in [3.05, 3.63) is 17.7 Å². The monoisotopic (exact) mass is 153 g/mol. The molecule has 1 aromatic rings. The van der Waals surface area contributed by atoms with Gasteiger partial charge < -0.3 is 10.3 Å². The highest BCUT2D eigenvalue weighted by molar-refractivity contribution is 5.04. The van der Waals surface area contributed by atoms with Crippen molar-refractivity contribution < 1.29 is 1.43 Å². The van der Waals surface area contributed by atoms with E-state index in [-0.39, 0.29) is 1.43 Å². The molecule has 0 unspecified atom stereocenters. The standard InChI is InChI=1S/C8H13N3.H2/c1-6-5-10-8(11-6)7-3-2-4-9-7;/h5,7,9H,2-4H2,1H3,(H,10,11);1H/t7-;/m0./s1. The Hall–Kier alpha value is -0.830. The van der Waals surface area contributed by atoms with Gasteiger partial charge in [0.25, 0.3) is 0 Å². The Kier molecular flexibility index (Phi) is 1.66. The van der Waals surface area contributed by atoms with Gasteiger partial charge in [-0.2, -0.15) is 0 Å². The van der Waals surface area contributed by atoms with E-state index in [1.54, 1.807) is 0 Å². The lowest BCUT2D eigenvalue weighted by molar-refractivity contribution is 0.612. The van der Waals surface area contributed by atoms with Crippen LogP contribution < -0.4 is 5.32 Å². The van der Waals surface area contributed by atoms with Crippen LogP contribution in [0.4, 0.5) is 0 Å². The number of aromatic nitrogens is 2. The fraction of sp³-hybridized carbons (Fsp3) is 0.625. The first kappa shape index (κ1) is 6.85. The van der Waals surface area contributed by atoms with Crippen LogP contribution in [-0.2, 0) is 0 Å². The highest BCUT2D eigenvalue weighted by Gasteiger charge is 2.17. The summed E-state index contributed by atoms with van der Waals surface area (Å²) in [5.41, 5.74) is 1.15. The number of hydrogen-bond donors (Lipinski definition) is 2. The normalized spacial score (nSPS) is 24.3. The minimum atomic E-state index is 0. The highest BCUT2D eigenvalue weighted by Crippen LogP contribution is 2.19. The third kappa shape index (κ3) is 1.28. The number of imidazole rings is 1. The van der Waals surface area contributed by atoms with Crippen molar-refractivity contribution in [3.8, 4) is 0 Å². The molecule has 2 rings (SSSR count). The molecule has 11 heavy (non-hydrogen) atoms. The topological polar surface area (TPSA) is 40.7 Å². The number of aryl methyl sites for hydroxylation is 1. The van der Waals surface area contributed by atoms with E-state index in [0.29, 0.717) is 6.04 Å². The maximum atomic E-state index is 4.28. The number of rotatable bonds is 1. The second-order valence-electron chi connectivity index (χ2n) is 3.10. The zero-order valence-corrected chi connectivity index (χ0v) is 6.72. The second kappa shape index (κ2) is 2.66. The first-order valence-corrected chi connectivity index (χ1v) is 4.11. The lowest BCUT2D eigenvalue weighted by atomic mass is 10.2. The Bertz CT molecular complexity index is 240. The largest absolute Gasteiger partial charge is 0.345 e. The Balaban J connectivity index is 0.000000720. The van der Waals surface area contributed by atoms with Gasteiger partial charge in [0.2, 0.25) is 0 Å². The Morgan fingerprint density at radius 1 is 1.73 bits per heavy atom. The van der Waals surface area contributed by atoms with Crippen LogP contribution in [0.25, 0.3) is 0 Å². The van der Waals surface area contributed by atoms with Crippen molar-refractivity contribution in [2.45, 2.75) is 25.8 Å². The van der Waals surface area contributed by atoms with Gasteiger partial charge in [-0.15, -0.1) is 0 Å². The van der Waals surface area contributed by atoms with Crippen molar-refractivity contribution in [3.63, 3.8) is 0 Å². The zero-order chi connectivity index (χ0) is 7.68. The molecular formula is C8H15N3. The van der Waals surface area contributed by atoms with Crippen LogP contribution in [0.1, 0.15) is 31.8 Å². The lowest BCUT2D eigenvalue weighted by Crippen LogP contribution is -2.14. The van der Waals surface area contributed by atoms with Crippen LogP contribution in [-0.4, -0.2) is 16.5 Å². The number of hydrogen-bond acceptors (Lipinski definition) is 2. The summed E-state index contributed by atoms with van der Waals surface area (Å²) in [6.45, 7) is 3.16. The van der Waals surface area contributed by atoms with Crippen molar-refractivity contribution in [1.29, 1.82) is 0 Å². The van der Waals surface area contributed by atoms with Crippen molar-refractivity contribution in [2.75, 3.05) is 6.54 Å². The lowest BCUT2D eigenvalue weighted by Gasteiger charge is -2.04. The SMILES string of the molecule is Cc1cnc([C@@H]2CCCN2)[nH]1.[HH]. The maximum absolute atomic E-state index is 4.28. The summed E-state index contributed by atoms with van der Waals surface area (Å²) in [5, 5.41) is 3.39. The van der Waals surface area contributed by atoms with Gasteiger partial charge in [-0.05, 0) is 26.3 Å². The summed E-state index contributed by atoms with van der Waals surface area (Å²) >= 11 is 0. The summed E-state index contributed by atoms with van der Waals surface area (Å²) in [6, 6.07) is 0.476. The van der Waals surface area contributed by atoms with Gasteiger partial charge in [0, 0.05) is 13.3 Å². The average molecular weight is 153 g/mol. The fourth-order valence-corrected chi connectivity index (χ4v) is 1.53. The molecule has 1 aliphatic heterocycles. The minimum Gasteiger partial charge on any atom is -0.345 e. The molecular weight excluding hydrogens is 138 g/mol. The predicted octanol–water partition coefficient (Wildman–Crippen LogP) is 1.39. The summed E-state index contributed by atoms with van der Waals surface area (Å²) in [5.74, 6) is 1.10. The second-order valence-corrected chi connectivity index (χ2v) is 3.10. The van der Waals surface area contributed by atoms with Crippen molar-refractivity contribution in [1.82, 2.24) is 15.3 Å². The van der Waals surface area contributed by atoms with Crippen molar-refractivity contribution in [2.24, 2.45) is 0 Å². The third-order valence-corrected chi connectivity index (χ3v) is 2.11. The number of nitrogens with zero attached hydrogens (tertiary/aromatic N) is 1. The highest BCUT2D eigenvalue weighted by atomic mass is 15.0. The van der Waals surface area contributed by atoms with Gasteiger partial charge in [0.1, 0.15) is 5.82 Å². The molecule has 1 fully saturated rings. The quantitative estimate of drug-likeness (QED) is 0.640. The molecule has 0 spiro atoms. The smallest absolute Gasteiger partial charge is 0.123 e. The number of nitrogens with one attached hydrogen (secondary N) is 2. The van der Waals surface area contributed by atoms with E-state index < -0.39 is 0 Å². The van der Waals surface area contributed by atoms with E-state index in [1.165, 1.54) is 12.8 Å². The van der Waals surface area contributed by atoms with E-state index >= 15 is 0 Å². The van der Waals surface area contributed by atoms with Crippen LogP contribution >= 0.6 is 0 Å². The molecule has 1 aliphatic rings. The molecule has 2 N–H and O–H groups in total. The Morgan fingerprint density at radius 2 is 2.64 bits per heavy atom. The van der Waals surface area contributed by atoms with Crippen molar-refractivity contribution >= 4 is 0 Å². The Labute approximate surface area is 67.7 Å². The van der Waals surface area contributed by atoms with Gasteiger partial charge in [-0.1, -0.05) is 0 Å². The van der Waals surface area contributed by atoms with Crippen LogP contribution in [0.15, 0.2) is 6.20 Å². The van der Waals surface area contributed by atoms with Crippen LogP contribution in [0, 0.1) is 6.92 Å². The molecule has 0 aromatic carbocycles. The van der Waals surface area contributed by atoms with Gasteiger partial charge >= 0.3 is 0 Å². The molecule has 0 aliphatic carbocycles. The summed E-state index contributed by atoms with van der Waals surface area (Å²) < 4.78 is 0. The number of aromatic amines is 1. The first-order valence-electron chi connectivity index (χ1n) is 4.11. The molecule has 1 aromatic heterocycles. The van der Waals surface area contributed by atoms with Gasteiger partial charge in [0.05, 0.1) is 6.04 Å². The van der Waals surface area contributed by atoms with Crippen LogP contribution in [0.5, 0.6) is 0 Å². The number of H-pyrrole nitrogens is 1. The molecule has 2 heterocycles. The molecule has 3 heteroatoms. The fourth-order valence-electron chi connectivity index (χ4n) is 1.53. The summed E-state index contributed by atoms with van der Waals surface area (Å²) in [7, 11) is 0. The van der Waals surface area contributed by atoms with Crippen LogP contribution in [0.2, 0.25) is 0 Å². The molecule has 3 nitrogen and oxygen atoms in total. The van der Waals surface area contributed by atoms with E-state index in [9.17, 15) is 0 Å². The zero-order valence-electron chi connectivity index (χ0n) is 6.72. The van der Waals surface area contributed by atoms with Gasteiger partial charge in [-0.3, -0.25) is 0 Å². The molecule has 0 amide bonds. The maximum Gasteiger partial charge on any atom is 0.123 e. The first-order chi connectivity index (χ1) is 5.36. The summed E-state index contributed by atoms with van der Waals surface area (Å²) in [4.78, 5) is 7.52.